The number of carbonyl (C=O) groups excluding carboxylic acids is 1. The Hall–Kier alpha value is -3.41. The van der Waals surface area contributed by atoms with Crippen LogP contribution in [-0.4, -0.2) is 22.7 Å². The van der Waals surface area contributed by atoms with Gasteiger partial charge in [0, 0.05) is 0 Å². The molecule has 1 aromatic carbocycles. The lowest BCUT2D eigenvalue weighted by Crippen LogP contribution is -2.21. The van der Waals surface area contributed by atoms with Gasteiger partial charge in [-0.25, -0.2) is 4.79 Å². The van der Waals surface area contributed by atoms with E-state index >= 15 is 0 Å². The van der Waals surface area contributed by atoms with E-state index in [-0.39, 0.29) is 11.5 Å². The van der Waals surface area contributed by atoms with Crippen molar-refractivity contribution in [3.63, 3.8) is 0 Å². The molecule has 0 spiro atoms. The fourth-order valence-electron chi connectivity index (χ4n) is 2.26. The zero-order valence-corrected chi connectivity index (χ0v) is 12.8. The average Bonchev–Trinajstić information content (AvgIpc) is 3.18. The number of carboxylic acids is 1. The SMILES string of the molecule is CC1=NN(c2ccc(C(=O)O)cc2)C(=O)/C1=C\C=C\c1ccco1. The Kier molecular flexibility index (Phi) is 4.11. The lowest BCUT2D eigenvalue weighted by Gasteiger charge is -2.11. The molecule has 1 aromatic heterocycles. The van der Waals surface area contributed by atoms with E-state index in [4.69, 9.17) is 9.52 Å². The molecule has 2 aromatic rings. The van der Waals surface area contributed by atoms with Gasteiger partial charge in [0.25, 0.3) is 5.91 Å². The van der Waals surface area contributed by atoms with E-state index in [9.17, 15) is 9.59 Å². The van der Waals surface area contributed by atoms with Crippen LogP contribution in [0.4, 0.5) is 5.69 Å². The summed E-state index contributed by atoms with van der Waals surface area (Å²) in [6.07, 6.45) is 6.72. The monoisotopic (exact) mass is 322 g/mol. The van der Waals surface area contributed by atoms with Crippen molar-refractivity contribution in [2.24, 2.45) is 5.10 Å². The van der Waals surface area contributed by atoms with Crippen molar-refractivity contribution in [1.82, 2.24) is 0 Å². The number of hydrogen-bond donors (Lipinski definition) is 1. The summed E-state index contributed by atoms with van der Waals surface area (Å²) in [5, 5.41) is 14.4. The van der Waals surface area contributed by atoms with Gasteiger partial charge in [-0.3, -0.25) is 4.79 Å². The molecule has 0 aliphatic carbocycles. The number of nitrogens with zero attached hydrogens (tertiary/aromatic N) is 2. The van der Waals surface area contributed by atoms with Crippen LogP contribution in [0.5, 0.6) is 0 Å². The summed E-state index contributed by atoms with van der Waals surface area (Å²) < 4.78 is 5.18. The molecular weight excluding hydrogens is 308 g/mol. The van der Waals surface area contributed by atoms with Crippen molar-refractivity contribution in [3.05, 3.63) is 71.7 Å². The molecular formula is C18H14N2O4. The topological polar surface area (TPSA) is 83.1 Å². The van der Waals surface area contributed by atoms with Crippen LogP contribution in [-0.2, 0) is 4.79 Å². The van der Waals surface area contributed by atoms with Gasteiger partial charge in [0.05, 0.1) is 28.8 Å². The average molecular weight is 322 g/mol. The molecule has 6 nitrogen and oxygen atoms in total. The van der Waals surface area contributed by atoms with Crippen molar-refractivity contribution >= 4 is 29.4 Å². The smallest absolute Gasteiger partial charge is 0.335 e. The van der Waals surface area contributed by atoms with Gasteiger partial charge in [-0.15, -0.1) is 0 Å². The maximum atomic E-state index is 12.5. The quantitative estimate of drug-likeness (QED) is 0.875. The van der Waals surface area contributed by atoms with Crippen LogP contribution < -0.4 is 5.01 Å². The lowest BCUT2D eigenvalue weighted by molar-refractivity contribution is -0.114. The third-order valence-corrected chi connectivity index (χ3v) is 3.49. The van der Waals surface area contributed by atoms with Crippen LogP contribution in [0, 0.1) is 0 Å². The van der Waals surface area contributed by atoms with E-state index in [1.807, 2.05) is 6.07 Å². The van der Waals surface area contributed by atoms with Gasteiger partial charge >= 0.3 is 5.97 Å². The molecule has 0 saturated heterocycles. The molecule has 6 heteroatoms. The van der Waals surface area contributed by atoms with Crippen molar-refractivity contribution in [1.29, 1.82) is 0 Å². The fourth-order valence-corrected chi connectivity index (χ4v) is 2.26. The van der Waals surface area contributed by atoms with Crippen LogP contribution in [0.15, 0.2) is 69.9 Å². The molecule has 1 aliphatic rings. The summed E-state index contributed by atoms with van der Waals surface area (Å²) in [7, 11) is 0. The number of rotatable bonds is 4. The minimum Gasteiger partial charge on any atom is -0.478 e. The van der Waals surface area contributed by atoms with E-state index < -0.39 is 5.97 Å². The zero-order valence-electron chi connectivity index (χ0n) is 12.8. The van der Waals surface area contributed by atoms with E-state index in [2.05, 4.69) is 5.10 Å². The molecule has 1 N–H and O–H groups in total. The number of anilines is 1. The molecule has 24 heavy (non-hydrogen) atoms. The second-order valence-electron chi connectivity index (χ2n) is 5.11. The Morgan fingerprint density at radius 1 is 1.25 bits per heavy atom. The molecule has 0 bridgehead atoms. The van der Waals surface area contributed by atoms with Crippen molar-refractivity contribution in [2.45, 2.75) is 6.92 Å². The zero-order chi connectivity index (χ0) is 17.1. The van der Waals surface area contributed by atoms with Crippen LogP contribution >= 0.6 is 0 Å². The molecule has 0 fully saturated rings. The summed E-state index contributed by atoms with van der Waals surface area (Å²) in [6.45, 7) is 1.75. The van der Waals surface area contributed by atoms with Gasteiger partial charge in [0.2, 0.25) is 0 Å². The van der Waals surface area contributed by atoms with E-state index in [1.54, 1.807) is 49.6 Å². The van der Waals surface area contributed by atoms with Crippen molar-refractivity contribution < 1.29 is 19.1 Å². The molecule has 0 radical (unpaired) electrons. The van der Waals surface area contributed by atoms with Gasteiger partial charge in [0.1, 0.15) is 5.76 Å². The second-order valence-corrected chi connectivity index (χ2v) is 5.11. The first-order valence-electron chi connectivity index (χ1n) is 7.21. The Morgan fingerprint density at radius 2 is 2.00 bits per heavy atom. The number of carboxylic acid groups (broad SMARTS) is 1. The van der Waals surface area contributed by atoms with Crippen LogP contribution in [0.25, 0.3) is 6.08 Å². The highest BCUT2D eigenvalue weighted by Gasteiger charge is 2.28. The first-order chi connectivity index (χ1) is 11.6. The molecule has 3 rings (SSSR count). The predicted octanol–water partition coefficient (Wildman–Crippen LogP) is 3.34. The van der Waals surface area contributed by atoms with Crippen LogP contribution in [0.3, 0.4) is 0 Å². The minimum absolute atomic E-state index is 0.156. The summed E-state index contributed by atoms with van der Waals surface area (Å²) >= 11 is 0. The highest BCUT2D eigenvalue weighted by atomic mass is 16.4. The first kappa shape index (κ1) is 15.5. The molecule has 2 heterocycles. The predicted molar refractivity (Wildman–Crippen MR) is 89.8 cm³/mol. The Balaban J connectivity index is 1.81. The third-order valence-electron chi connectivity index (χ3n) is 3.49. The number of amides is 1. The molecule has 1 amide bonds. The number of carbonyl (C=O) groups is 2. The highest BCUT2D eigenvalue weighted by Crippen LogP contribution is 2.24. The molecule has 0 atom stereocenters. The first-order valence-corrected chi connectivity index (χ1v) is 7.21. The third kappa shape index (κ3) is 3.03. The maximum Gasteiger partial charge on any atom is 0.335 e. The Labute approximate surface area is 138 Å². The number of benzene rings is 1. The fraction of sp³-hybridized carbons (Fsp3) is 0.0556. The number of allylic oxidation sites excluding steroid dienone is 2. The van der Waals surface area contributed by atoms with Gasteiger partial charge < -0.3 is 9.52 Å². The summed E-state index contributed by atoms with van der Waals surface area (Å²) in [4.78, 5) is 23.4. The van der Waals surface area contributed by atoms with Gasteiger partial charge in [-0.1, -0.05) is 6.08 Å². The summed E-state index contributed by atoms with van der Waals surface area (Å²) in [6, 6.07) is 9.58. The van der Waals surface area contributed by atoms with Crippen molar-refractivity contribution in [3.8, 4) is 0 Å². The standard InChI is InChI=1S/C18H14N2O4/c1-12-16(6-2-4-15-5-3-11-24-15)17(21)20(19-12)14-9-7-13(8-10-14)18(22)23/h2-11H,1H3,(H,22,23)/b4-2+,16-6-. The largest absolute Gasteiger partial charge is 0.478 e. The van der Waals surface area contributed by atoms with Crippen LogP contribution in [0.2, 0.25) is 0 Å². The van der Waals surface area contributed by atoms with Crippen LogP contribution in [0.1, 0.15) is 23.0 Å². The highest BCUT2D eigenvalue weighted by molar-refractivity contribution is 6.29. The van der Waals surface area contributed by atoms with Crippen molar-refractivity contribution in [2.75, 3.05) is 5.01 Å². The van der Waals surface area contributed by atoms with E-state index in [1.165, 1.54) is 17.1 Å². The number of furan rings is 1. The van der Waals surface area contributed by atoms with Gasteiger partial charge in [-0.2, -0.15) is 10.1 Å². The van der Waals surface area contributed by atoms with E-state index in [0.717, 1.165) is 0 Å². The summed E-state index contributed by atoms with van der Waals surface area (Å²) in [5.41, 5.74) is 1.73. The second kappa shape index (κ2) is 6.37. The van der Waals surface area contributed by atoms with Gasteiger partial charge in [-0.05, 0) is 55.5 Å². The Bertz CT molecular complexity index is 859. The van der Waals surface area contributed by atoms with E-state index in [0.29, 0.717) is 22.7 Å². The number of hydrazone groups is 1. The lowest BCUT2D eigenvalue weighted by atomic mass is 10.1. The molecule has 1 aliphatic heterocycles. The molecule has 120 valence electrons. The Morgan fingerprint density at radius 3 is 2.62 bits per heavy atom. The number of hydrogen-bond acceptors (Lipinski definition) is 4. The normalized spacial score (nSPS) is 16.2. The summed E-state index contributed by atoms with van der Waals surface area (Å²) in [5.74, 6) is -0.592. The minimum atomic E-state index is -1.02. The molecule has 0 saturated carbocycles. The number of aromatic carboxylic acids is 1. The maximum absolute atomic E-state index is 12.5. The molecule has 0 unspecified atom stereocenters. The van der Waals surface area contributed by atoms with Gasteiger partial charge in [0.15, 0.2) is 0 Å².